The molecule has 0 spiro atoms. The molecule has 11 heteroatoms. The molecule has 0 aliphatic carbocycles. The largest absolute Gasteiger partial charge is 0.466 e. The van der Waals surface area contributed by atoms with Crippen LogP contribution in [0.4, 0.5) is 0 Å². The molecule has 1 fully saturated rings. The minimum Gasteiger partial charge on any atom is -0.466 e. The highest BCUT2D eigenvalue weighted by Gasteiger charge is 2.44. The monoisotopic (exact) mass is 1330 g/mol. The van der Waals surface area contributed by atoms with Gasteiger partial charge in [-0.1, -0.05) is 398 Å². The van der Waals surface area contributed by atoms with Crippen molar-refractivity contribution < 1.29 is 49.3 Å². The number of esters is 1. The van der Waals surface area contributed by atoms with Gasteiger partial charge in [-0.3, -0.25) is 9.59 Å². The first-order valence-corrected chi connectivity index (χ1v) is 41.6. The number of rotatable bonds is 75. The summed E-state index contributed by atoms with van der Waals surface area (Å²) in [6, 6.07) is -0.822. The molecule has 0 radical (unpaired) electrons. The summed E-state index contributed by atoms with van der Waals surface area (Å²) >= 11 is 0. The standard InChI is InChI=1S/C83H159NO10/c1-3-5-7-9-11-13-15-17-43-47-51-55-59-63-67-71-79(88)92-72-68-64-60-56-52-48-45-42-40-38-36-34-32-30-28-26-24-22-20-18-19-21-23-25-27-29-31-33-35-37-39-41-44-46-50-54-58-62-66-70-78(87)84-75(74-93-83-82(91)81(90)80(89)77(73-85)94-83)76(86)69-65-61-57-53-49-16-14-12-10-8-6-4-2/h49,53,65,69,75-77,80-83,85-86,89-91H,3-48,50-52,54-64,66-68,70-74H2,1-2H3,(H,84,87)/b53-49+,69-65+. The van der Waals surface area contributed by atoms with Crippen LogP contribution in [0.1, 0.15) is 431 Å². The van der Waals surface area contributed by atoms with Crippen LogP contribution in [0, 0.1) is 0 Å². The van der Waals surface area contributed by atoms with Crippen molar-refractivity contribution >= 4 is 11.9 Å². The second kappa shape index (κ2) is 72.4. The van der Waals surface area contributed by atoms with Crippen LogP contribution in [0.5, 0.6) is 0 Å². The van der Waals surface area contributed by atoms with Crippen LogP contribution in [0.2, 0.25) is 0 Å². The van der Waals surface area contributed by atoms with Crippen LogP contribution < -0.4 is 5.32 Å². The molecule has 94 heavy (non-hydrogen) atoms. The number of aliphatic hydroxyl groups is 5. The average molecular weight is 1330 g/mol. The first-order valence-electron chi connectivity index (χ1n) is 41.6. The highest BCUT2D eigenvalue weighted by atomic mass is 16.7. The predicted octanol–water partition coefficient (Wildman–Crippen LogP) is 22.7. The average Bonchev–Trinajstić information content (AvgIpc) is 0.832. The zero-order chi connectivity index (χ0) is 67.9. The first-order chi connectivity index (χ1) is 46.2. The maximum atomic E-state index is 13.1. The van der Waals surface area contributed by atoms with Gasteiger partial charge in [0.15, 0.2) is 6.29 Å². The van der Waals surface area contributed by atoms with Crippen molar-refractivity contribution in [1.29, 1.82) is 0 Å². The minimum atomic E-state index is -1.57. The van der Waals surface area contributed by atoms with Crippen LogP contribution in [0.15, 0.2) is 24.3 Å². The van der Waals surface area contributed by atoms with Crippen LogP contribution in [0.3, 0.4) is 0 Å². The van der Waals surface area contributed by atoms with E-state index in [0.717, 1.165) is 51.4 Å². The van der Waals surface area contributed by atoms with Crippen molar-refractivity contribution in [2.45, 2.75) is 474 Å². The lowest BCUT2D eigenvalue weighted by molar-refractivity contribution is -0.302. The number of nitrogens with one attached hydrogen (secondary N) is 1. The Morgan fingerprint density at radius 1 is 0.383 bits per heavy atom. The second-order valence-electron chi connectivity index (χ2n) is 29.2. The predicted molar refractivity (Wildman–Crippen MR) is 398 cm³/mol. The summed E-state index contributed by atoms with van der Waals surface area (Å²) in [7, 11) is 0. The highest BCUT2D eigenvalue weighted by Crippen LogP contribution is 2.24. The van der Waals surface area contributed by atoms with E-state index in [1.54, 1.807) is 6.08 Å². The molecule has 1 aliphatic rings. The van der Waals surface area contributed by atoms with Gasteiger partial charge in [-0.15, -0.1) is 0 Å². The Bertz CT molecular complexity index is 1610. The van der Waals surface area contributed by atoms with Gasteiger partial charge in [0, 0.05) is 12.8 Å². The molecule has 0 saturated carbocycles. The topological polar surface area (TPSA) is 175 Å². The molecule has 1 saturated heterocycles. The van der Waals surface area contributed by atoms with E-state index in [0.29, 0.717) is 19.4 Å². The van der Waals surface area contributed by atoms with Crippen LogP contribution in [-0.4, -0.2) is 100 Å². The van der Waals surface area contributed by atoms with E-state index in [1.165, 1.54) is 353 Å². The van der Waals surface area contributed by atoms with Crippen molar-refractivity contribution in [2.24, 2.45) is 0 Å². The van der Waals surface area contributed by atoms with Gasteiger partial charge in [0.2, 0.25) is 5.91 Å². The fraction of sp³-hybridized carbons (Fsp3) is 0.928. The maximum absolute atomic E-state index is 13.1. The van der Waals surface area contributed by atoms with Gasteiger partial charge in [-0.25, -0.2) is 0 Å². The molecule has 0 bridgehead atoms. The molecule has 11 nitrogen and oxygen atoms in total. The first kappa shape index (κ1) is 90.2. The van der Waals surface area contributed by atoms with E-state index in [1.807, 2.05) is 6.08 Å². The summed E-state index contributed by atoms with van der Waals surface area (Å²) in [5.41, 5.74) is 0. The smallest absolute Gasteiger partial charge is 0.305 e. The van der Waals surface area contributed by atoms with Gasteiger partial charge in [0.25, 0.3) is 0 Å². The van der Waals surface area contributed by atoms with E-state index >= 15 is 0 Å². The lowest BCUT2D eigenvalue weighted by Crippen LogP contribution is -2.60. The van der Waals surface area contributed by atoms with Crippen molar-refractivity contribution in [3.05, 3.63) is 24.3 Å². The number of carbonyl (C=O) groups excluding carboxylic acids is 2. The number of hydrogen-bond acceptors (Lipinski definition) is 10. The highest BCUT2D eigenvalue weighted by molar-refractivity contribution is 5.76. The van der Waals surface area contributed by atoms with E-state index in [-0.39, 0.29) is 18.5 Å². The molecule has 7 unspecified atom stereocenters. The fourth-order valence-electron chi connectivity index (χ4n) is 13.6. The summed E-state index contributed by atoms with van der Waals surface area (Å²) < 4.78 is 16.8. The third-order valence-corrected chi connectivity index (χ3v) is 20.1. The van der Waals surface area contributed by atoms with Crippen molar-refractivity contribution in [3.63, 3.8) is 0 Å². The molecule has 0 aromatic heterocycles. The van der Waals surface area contributed by atoms with E-state index in [9.17, 15) is 35.1 Å². The van der Waals surface area contributed by atoms with Crippen LogP contribution in [0.25, 0.3) is 0 Å². The fourth-order valence-corrected chi connectivity index (χ4v) is 13.6. The van der Waals surface area contributed by atoms with Gasteiger partial charge in [0.1, 0.15) is 24.4 Å². The van der Waals surface area contributed by atoms with Crippen molar-refractivity contribution in [2.75, 3.05) is 19.8 Å². The second-order valence-corrected chi connectivity index (χ2v) is 29.2. The lowest BCUT2D eigenvalue weighted by Gasteiger charge is -2.40. The Kier molecular flexibility index (Phi) is 69.4. The lowest BCUT2D eigenvalue weighted by atomic mass is 9.99. The van der Waals surface area contributed by atoms with Crippen molar-refractivity contribution in [3.8, 4) is 0 Å². The Balaban J connectivity index is 1.85. The zero-order valence-electron chi connectivity index (χ0n) is 62.2. The SMILES string of the molecule is CCCCCCCC/C=C/CC/C=C/C(O)C(COC1OC(CO)C(O)C(O)C1O)NC(=O)CCCCCCCCCCCCCCCCCCCCCCCCCCCCCCCCCCCCCCCCCOC(=O)CCCCCCCCCCCCCCCCC. The van der Waals surface area contributed by atoms with E-state index in [4.69, 9.17) is 14.2 Å². The Hall–Kier alpha value is -1.86. The number of amides is 1. The van der Waals surface area contributed by atoms with Gasteiger partial charge in [0.05, 0.1) is 32.0 Å². The van der Waals surface area contributed by atoms with Gasteiger partial charge in [-0.05, 0) is 44.9 Å². The summed E-state index contributed by atoms with van der Waals surface area (Å²) in [5, 5.41) is 54.5. The zero-order valence-corrected chi connectivity index (χ0v) is 62.2. The number of carbonyl (C=O) groups is 2. The third-order valence-electron chi connectivity index (χ3n) is 20.1. The molecule has 1 heterocycles. The number of ether oxygens (including phenoxy) is 3. The Labute approximate surface area is 581 Å². The molecule has 7 atom stereocenters. The summed E-state index contributed by atoms with van der Waals surface area (Å²) in [5.74, 6) is -0.162. The molecular formula is C83H159NO10. The minimum absolute atomic E-state index is 0.0221. The summed E-state index contributed by atoms with van der Waals surface area (Å²) in [6.07, 6.45) is 83.8. The van der Waals surface area contributed by atoms with Crippen molar-refractivity contribution in [1.82, 2.24) is 5.32 Å². The third kappa shape index (κ3) is 60.1. The van der Waals surface area contributed by atoms with Gasteiger partial charge < -0.3 is 45.1 Å². The number of hydrogen-bond donors (Lipinski definition) is 6. The van der Waals surface area contributed by atoms with E-state index in [2.05, 4.69) is 31.3 Å². The maximum Gasteiger partial charge on any atom is 0.305 e. The molecule has 1 amide bonds. The molecule has 6 N–H and O–H groups in total. The molecule has 556 valence electrons. The summed E-state index contributed by atoms with van der Waals surface area (Å²) in [4.78, 5) is 25.2. The Morgan fingerprint density at radius 3 is 1.05 bits per heavy atom. The molecular weight excluding hydrogens is 1170 g/mol. The number of allylic oxidation sites excluding steroid dienone is 3. The van der Waals surface area contributed by atoms with Crippen LogP contribution >= 0.6 is 0 Å². The molecule has 1 rings (SSSR count). The number of aliphatic hydroxyl groups excluding tert-OH is 5. The quantitative estimate of drug-likeness (QED) is 0.0195. The summed E-state index contributed by atoms with van der Waals surface area (Å²) in [6.45, 7) is 4.38. The van der Waals surface area contributed by atoms with Crippen LogP contribution in [-0.2, 0) is 23.8 Å². The molecule has 1 aliphatic heterocycles. The number of unbranched alkanes of at least 4 members (excludes halogenated alkanes) is 59. The normalized spacial score (nSPS) is 17.5. The van der Waals surface area contributed by atoms with Gasteiger partial charge in [-0.2, -0.15) is 0 Å². The molecule has 0 aromatic carbocycles. The van der Waals surface area contributed by atoms with Gasteiger partial charge >= 0.3 is 5.97 Å². The Morgan fingerprint density at radius 2 is 0.691 bits per heavy atom. The van der Waals surface area contributed by atoms with E-state index < -0.39 is 49.5 Å². The molecule has 0 aromatic rings.